The van der Waals surface area contributed by atoms with Gasteiger partial charge in [-0.25, -0.2) is 4.79 Å². The fourth-order valence-electron chi connectivity index (χ4n) is 2.36. The molecule has 0 bridgehead atoms. The van der Waals surface area contributed by atoms with Crippen molar-refractivity contribution in [3.8, 4) is 0 Å². The fourth-order valence-corrected chi connectivity index (χ4v) is 2.36. The maximum atomic E-state index is 11.7. The molecular weight excluding hydrogens is 256 g/mol. The Balaban J connectivity index is 1.87. The Morgan fingerprint density at radius 3 is 2.85 bits per heavy atom. The second kappa shape index (κ2) is 4.78. The van der Waals surface area contributed by atoms with Crippen LogP contribution in [-0.2, 0) is 16.1 Å². The zero-order valence-corrected chi connectivity index (χ0v) is 11.5. The number of ether oxygens (including phenoxy) is 1. The third kappa shape index (κ3) is 2.46. The lowest BCUT2D eigenvalue weighted by molar-refractivity contribution is -0.146. The minimum absolute atomic E-state index is 0.0311. The topological polar surface area (TPSA) is 56.5 Å². The first-order valence-corrected chi connectivity index (χ1v) is 6.74. The largest absolute Gasteiger partial charge is 0.461 e. The number of aryl methyl sites for hydroxylation is 1. The highest BCUT2D eigenvalue weighted by Crippen LogP contribution is 2.38. The predicted octanol–water partition coefficient (Wildman–Crippen LogP) is 2.80. The summed E-state index contributed by atoms with van der Waals surface area (Å²) in [5, 5.41) is 0.812. The molecule has 1 aromatic heterocycles. The lowest BCUT2D eigenvalue weighted by Crippen LogP contribution is -2.09. The highest BCUT2D eigenvalue weighted by molar-refractivity contribution is 5.81. The quantitative estimate of drug-likeness (QED) is 0.637. The average molecular weight is 272 g/mol. The van der Waals surface area contributed by atoms with E-state index < -0.39 is 5.63 Å². The first kappa shape index (κ1) is 12.9. The standard InChI is InChI=1S/C16H16O4/c1-9-3-4-12-11(7-15(17)20-14(12)5-9)8-19-16(18)13-6-10(13)2/h3-5,7,10,13H,6,8H2,1-2H3/t10-,13+/m0/s1. The molecule has 4 heteroatoms. The van der Waals surface area contributed by atoms with E-state index in [0.717, 1.165) is 17.4 Å². The van der Waals surface area contributed by atoms with Crippen molar-refractivity contribution >= 4 is 16.9 Å². The van der Waals surface area contributed by atoms with Gasteiger partial charge in [0.05, 0.1) is 5.92 Å². The SMILES string of the molecule is Cc1ccc2c(COC(=O)[C@@H]3C[C@@H]3C)cc(=O)oc2c1. The smallest absolute Gasteiger partial charge is 0.336 e. The molecule has 1 saturated carbocycles. The maximum absolute atomic E-state index is 11.7. The van der Waals surface area contributed by atoms with E-state index in [2.05, 4.69) is 0 Å². The molecule has 2 atom stereocenters. The third-order valence-corrected chi connectivity index (χ3v) is 3.77. The normalized spacial score (nSPS) is 20.9. The van der Waals surface area contributed by atoms with Gasteiger partial charge in [-0.15, -0.1) is 0 Å². The highest BCUT2D eigenvalue weighted by atomic mass is 16.5. The van der Waals surface area contributed by atoms with Crippen LogP contribution in [0.2, 0.25) is 0 Å². The van der Waals surface area contributed by atoms with Crippen molar-refractivity contribution in [3.63, 3.8) is 0 Å². The van der Waals surface area contributed by atoms with E-state index in [1.165, 1.54) is 6.07 Å². The van der Waals surface area contributed by atoms with Crippen LogP contribution in [0.15, 0.2) is 33.5 Å². The Hall–Kier alpha value is -2.10. The van der Waals surface area contributed by atoms with Gasteiger partial charge in [-0.1, -0.05) is 19.1 Å². The van der Waals surface area contributed by atoms with Crippen LogP contribution in [0.5, 0.6) is 0 Å². The fraction of sp³-hybridized carbons (Fsp3) is 0.375. The number of hydrogen-bond acceptors (Lipinski definition) is 4. The van der Waals surface area contributed by atoms with Gasteiger partial charge in [0.1, 0.15) is 12.2 Å². The molecule has 1 heterocycles. The predicted molar refractivity (Wildman–Crippen MR) is 74.3 cm³/mol. The van der Waals surface area contributed by atoms with Crippen LogP contribution in [0, 0.1) is 18.8 Å². The van der Waals surface area contributed by atoms with Crippen LogP contribution in [0.1, 0.15) is 24.5 Å². The lowest BCUT2D eigenvalue weighted by atomic mass is 10.1. The van der Waals surface area contributed by atoms with Gasteiger partial charge in [-0.05, 0) is 30.9 Å². The van der Waals surface area contributed by atoms with Crippen molar-refractivity contribution in [2.45, 2.75) is 26.9 Å². The van der Waals surface area contributed by atoms with Gasteiger partial charge in [-0.2, -0.15) is 0 Å². The van der Waals surface area contributed by atoms with Gasteiger partial charge >= 0.3 is 11.6 Å². The number of fused-ring (bicyclic) bond motifs is 1. The van der Waals surface area contributed by atoms with E-state index in [0.29, 0.717) is 17.1 Å². The molecule has 1 aliphatic rings. The van der Waals surface area contributed by atoms with Gasteiger partial charge in [0.25, 0.3) is 0 Å². The summed E-state index contributed by atoms with van der Waals surface area (Å²) in [5.74, 6) is 0.275. The zero-order valence-electron chi connectivity index (χ0n) is 11.5. The van der Waals surface area contributed by atoms with Crippen molar-refractivity contribution in [3.05, 3.63) is 45.8 Å². The summed E-state index contributed by atoms with van der Waals surface area (Å²) in [7, 11) is 0. The first-order chi connectivity index (χ1) is 9.54. The lowest BCUT2D eigenvalue weighted by Gasteiger charge is -2.07. The van der Waals surface area contributed by atoms with E-state index in [1.807, 2.05) is 32.0 Å². The molecule has 0 saturated heterocycles. The van der Waals surface area contributed by atoms with E-state index in [1.54, 1.807) is 0 Å². The molecule has 3 rings (SSSR count). The number of esters is 1. The Kier molecular flexibility index (Phi) is 3.08. The molecule has 0 spiro atoms. The van der Waals surface area contributed by atoms with Gasteiger partial charge in [0.2, 0.25) is 0 Å². The van der Waals surface area contributed by atoms with E-state index >= 15 is 0 Å². The molecule has 1 aromatic carbocycles. The molecule has 0 aliphatic heterocycles. The minimum Gasteiger partial charge on any atom is -0.461 e. The Bertz CT molecular complexity index is 729. The molecule has 20 heavy (non-hydrogen) atoms. The second-order valence-corrected chi connectivity index (χ2v) is 5.52. The Labute approximate surface area is 116 Å². The van der Waals surface area contributed by atoms with Crippen molar-refractivity contribution in [1.82, 2.24) is 0 Å². The minimum atomic E-state index is -0.422. The maximum Gasteiger partial charge on any atom is 0.336 e. The van der Waals surface area contributed by atoms with Crippen molar-refractivity contribution in [2.75, 3.05) is 0 Å². The molecule has 104 valence electrons. The highest BCUT2D eigenvalue weighted by Gasteiger charge is 2.40. The van der Waals surface area contributed by atoms with Crippen LogP contribution in [0.4, 0.5) is 0 Å². The van der Waals surface area contributed by atoms with Gasteiger partial charge in [0.15, 0.2) is 0 Å². The molecule has 0 amide bonds. The van der Waals surface area contributed by atoms with E-state index in [-0.39, 0.29) is 18.5 Å². The molecule has 1 fully saturated rings. The number of carbonyl (C=O) groups is 1. The average Bonchev–Trinajstić information content (AvgIpc) is 3.12. The van der Waals surface area contributed by atoms with Gasteiger partial charge < -0.3 is 9.15 Å². The summed E-state index contributed by atoms with van der Waals surface area (Å²) in [5.41, 5.74) is 1.82. The summed E-state index contributed by atoms with van der Waals surface area (Å²) < 4.78 is 10.5. The van der Waals surface area contributed by atoms with Crippen molar-refractivity contribution in [2.24, 2.45) is 11.8 Å². The summed E-state index contributed by atoms with van der Waals surface area (Å²) in [6.45, 7) is 4.08. The molecule has 2 aromatic rings. The van der Waals surface area contributed by atoms with Crippen LogP contribution in [0.25, 0.3) is 11.0 Å². The molecular formula is C16H16O4. The zero-order chi connectivity index (χ0) is 14.3. The van der Waals surface area contributed by atoms with E-state index in [9.17, 15) is 9.59 Å². The molecule has 1 aliphatic carbocycles. The van der Waals surface area contributed by atoms with Crippen LogP contribution in [0.3, 0.4) is 0 Å². The summed E-state index contributed by atoms with van der Waals surface area (Å²) >= 11 is 0. The monoisotopic (exact) mass is 272 g/mol. The number of carbonyl (C=O) groups excluding carboxylic acids is 1. The second-order valence-electron chi connectivity index (χ2n) is 5.52. The van der Waals surface area contributed by atoms with Crippen LogP contribution >= 0.6 is 0 Å². The Morgan fingerprint density at radius 2 is 2.15 bits per heavy atom. The summed E-state index contributed by atoms with van der Waals surface area (Å²) in [6, 6.07) is 7.03. The molecule has 4 nitrogen and oxygen atoms in total. The van der Waals surface area contributed by atoms with E-state index in [4.69, 9.17) is 9.15 Å². The number of hydrogen-bond donors (Lipinski definition) is 0. The molecule has 0 unspecified atom stereocenters. The van der Waals surface area contributed by atoms with Crippen LogP contribution < -0.4 is 5.63 Å². The number of rotatable bonds is 3. The summed E-state index contributed by atoms with van der Waals surface area (Å²) in [4.78, 5) is 23.3. The Morgan fingerprint density at radius 1 is 1.40 bits per heavy atom. The van der Waals surface area contributed by atoms with Crippen molar-refractivity contribution in [1.29, 1.82) is 0 Å². The van der Waals surface area contributed by atoms with Gasteiger partial charge in [0, 0.05) is 17.0 Å². The van der Waals surface area contributed by atoms with Crippen molar-refractivity contribution < 1.29 is 13.9 Å². The molecule has 0 radical (unpaired) electrons. The van der Waals surface area contributed by atoms with Crippen LogP contribution in [-0.4, -0.2) is 5.97 Å². The molecule has 0 N–H and O–H groups in total. The van der Waals surface area contributed by atoms with Gasteiger partial charge in [-0.3, -0.25) is 4.79 Å². The number of benzene rings is 1. The summed E-state index contributed by atoms with van der Waals surface area (Å²) in [6.07, 6.45) is 0.899. The first-order valence-electron chi connectivity index (χ1n) is 6.74. The third-order valence-electron chi connectivity index (χ3n) is 3.77.